The summed E-state index contributed by atoms with van der Waals surface area (Å²) in [6.07, 6.45) is 5.32. The second kappa shape index (κ2) is 5.16. The Balaban J connectivity index is 1.62. The fourth-order valence-electron chi connectivity index (χ4n) is 2.33. The van der Waals surface area contributed by atoms with Gasteiger partial charge < -0.3 is 9.32 Å². The van der Waals surface area contributed by atoms with E-state index in [0.717, 1.165) is 12.8 Å². The van der Waals surface area contributed by atoms with E-state index >= 15 is 0 Å². The lowest BCUT2D eigenvalue weighted by Gasteiger charge is -2.31. The minimum Gasteiger partial charge on any atom is -0.444 e. The van der Waals surface area contributed by atoms with E-state index in [0.29, 0.717) is 29.6 Å². The number of hydrogen-bond acceptors (Lipinski definition) is 4. The molecule has 0 saturated carbocycles. The maximum atomic E-state index is 12.2. The van der Waals surface area contributed by atoms with E-state index in [-0.39, 0.29) is 5.91 Å². The number of furan rings is 1. The molecule has 1 fully saturated rings. The summed E-state index contributed by atoms with van der Waals surface area (Å²) in [5, 5.41) is 7.82. The number of amides is 1. The van der Waals surface area contributed by atoms with Gasteiger partial charge in [0, 0.05) is 19.3 Å². The van der Waals surface area contributed by atoms with E-state index in [4.69, 9.17) is 4.42 Å². The molecule has 1 saturated heterocycles. The summed E-state index contributed by atoms with van der Waals surface area (Å²) in [5.74, 6) is 0.328. The van der Waals surface area contributed by atoms with Gasteiger partial charge in [0.25, 0.3) is 5.91 Å². The van der Waals surface area contributed by atoms with Gasteiger partial charge in [-0.2, -0.15) is 0 Å². The molecule has 3 heterocycles. The van der Waals surface area contributed by atoms with Crippen molar-refractivity contribution in [3.8, 4) is 0 Å². The van der Waals surface area contributed by atoms with Crippen molar-refractivity contribution in [2.75, 3.05) is 13.1 Å². The highest BCUT2D eigenvalue weighted by atomic mass is 79.9. The fraction of sp³-hybridized carbons (Fsp3) is 0.417. The van der Waals surface area contributed by atoms with Crippen molar-refractivity contribution >= 4 is 21.8 Å². The Kier molecular flexibility index (Phi) is 3.37. The SMILES string of the molecule is O=C(c1ccc(Br)o1)N1CCC(n2ccnn2)CC1. The molecule has 2 aromatic rings. The summed E-state index contributed by atoms with van der Waals surface area (Å²) in [6.45, 7) is 1.42. The van der Waals surface area contributed by atoms with E-state index in [1.54, 1.807) is 18.3 Å². The van der Waals surface area contributed by atoms with Crippen LogP contribution in [0.5, 0.6) is 0 Å². The Hall–Kier alpha value is -1.63. The van der Waals surface area contributed by atoms with Crippen LogP contribution in [0.4, 0.5) is 0 Å². The number of carbonyl (C=O) groups is 1. The highest BCUT2D eigenvalue weighted by Crippen LogP contribution is 2.23. The molecule has 19 heavy (non-hydrogen) atoms. The predicted molar refractivity (Wildman–Crippen MR) is 70.6 cm³/mol. The molecule has 3 rings (SSSR count). The quantitative estimate of drug-likeness (QED) is 0.848. The third-order valence-corrected chi connectivity index (χ3v) is 3.78. The van der Waals surface area contributed by atoms with Crippen molar-refractivity contribution < 1.29 is 9.21 Å². The summed E-state index contributed by atoms with van der Waals surface area (Å²) in [6, 6.07) is 3.75. The fourth-order valence-corrected chi connectivity index (χ4v) is 2.64. The third-order valence-electron chi connectivity index (χ3n) is 3.35. The number of likely N-dealkylation sites (tertiary alicyclic amines) is 1. The van der Waals surface area contributed by atoms with E-state index in [1.807, 2.05) is 15.8 Å². The maximum Gasteiger partial charge on any atom is 0.289 e. The molecule has 0 aliphatic carbocycles. The zero-order valence-electron chi connectivity index (χ0n) is 10.2. The molecule has 0 spiro atoms. The number of nitrogens with zero attached hydrogens (tertiary/aromatic N) is 4. The second-order valence-electron chi connectivity index (χ2n) is 4.51. The van der Waals surface area contributed by atoms with E-state index < -0.39 is 0 Å². The summed E-state index contributed by atoms with van der Waals surface area (Å²) in [4.78, 5) is 14.0. The molecular formula is C12H13BrN4O2. The number of halogens is 1. The molecular weight excluding hydrogens is 312 g/mol. The van der Waals surface area contributed by atoms with Crippen molar-refractivity contribution in [2.45, 2.75) is 18.9 Å². The van der Waals surface area contributed by atoms with Gasteiger partial charge in [-0.15, -0.1) is 5.10 Å². The third kappa shape index (κ3) is 2.56. The van der Waals surface area contributed by atoms with Crippen molar-refractivity contribution in [3.63, 3.8) is 0 Å². The van der Waals surface area contributed by atoms with Crippen LogP contribution in [-0.2, 0) is 0 Å². The first-order valence-corrected chi connectivity index (χ1v) is 6.94. The smallest absolute Gasteiger partial charge is 0.289 e. The van der Waals surface area contributed by atoms with Gasteiger partial charge in [0.1, 0.15) is 0 Å². The average Bonchev–Trinajstić information content (AvgIpc) is 3.09. The number of rotatable bonds is 2. The first-order valence-electron chi connectivity index (χ1n) is 6.14. The standard InChI is InChI=1S/C12H13BrN4O2/c13-11-2-1-10(19-11)12(18)16-6-3-9(4-7-16)17-8-5-14-15-17/h1-2,5,8-9H,3-4,6-7H2. The van der Waals surface area contributed by atoms with Crippen molar-refractivity contribution in [2.24, 2.45) is 0 Å². The van der Waals surface area contributed by atoms with Crippen LogP contribution in [0, 0.1) is 0 Å². The lowest BCUT2D eigenvalue weighted by atomic mass is 10.1. The minimum atomic E-state index is -0.0530. The average molecular weight is 325 g/mol. The van der Waals surface area contributed by atoms with Crippen LogP contribution in [0.25, 0.3) is 0 Å². The van der Waals surface area contributed by atoms with Gasteiger partial charge in [0.2, 0.25) is 0 Å². The molecule has 100 valence electrons. The van der Waals surface area contributed by atoms with Gasteiger partial charge in [0.05, 0.1) is 12.2 Å². The first-order chi connectivity index (χ1) is 9.24. The van der Waals surface area contributed by atoms with Gasteiger partial charge in [-0.25, -0.2) is 4.68 Å². The molecule has 0 unspecified atom stereocenters. The van der Waals surface area contributed by atoms with Crippen LogP contribution in [-0.4, -0.2) is 38.9 Å². The van der Waals surface area contributed by atoms with E-state index in [2.05, 4.69) is 26.2 Å². The molecule has 0 N–H and O–H groups in total. The number of aromatic nitrogens is 3. The molecule has 6 nitrogen and oxygen atoms in total. The van der Waals surface area contributed by atoms with Crippen LogP contribution >= 0.6 is 15.9 Å². The Morgan fingerprint density at radius 3 is 2.74 bits per heavy atom. The van der Waals surface area contributed by atoms with Crippen molar-refractivity contribution in [1.29, 1.82) is 0 Å². The summed E-state index contributed by atoms with van der Waals surface area (Å²) < 4.78 is 7.74. The molecule has 1 amide bonds. The molecule has 2 aromatic heterocycles. The Morgan fingerprint density at radius 1 is 1.37 bits per heavy atom. The topological polar surface area (TPSA) is 64.2 Å². The first kappa shape index (κ1) is 12.4. The number of carbonyl (C=O) groups excluding carboxylic acids is 1. The highest BCUT2D eigenvalue weighted by Gasteiger charge is 2.26. The molecule has 0 aromatic carbocycles. The van der Waals surface area contributed by atoms with Crippen molar-refractivity contribution in [3.05, 3.63) is 35.0 Å². The highest BCUT2D eigenvalue weighted by molar-refractivity contribution is 9.10. The second-order valence-corrected chi connectivity index (χ2v) is 5.29. The Labute approximate surface area is 118 Å². The van der Waals surface area contributed by atoms with E-state index in [1.165, 1.54) is 0 Å². The number of hydrogen-bond donors (Lipinski definition) is 0. The minimum absolute atomic E-state index is 0.0530. The van der Waals surface area contributed by atoms with Gasteiger partial charge in [-0.1, -0.05) is 5.21 Å². The molecule has 1 aliphatic heterocycles. The lowest BCUT2D eigenvalue weighted by Crippen LogP contribution is -2.39. The van der Waals surface area contributed by atoms with Gasteiger partial charge in [-0.3, -0.25) is 4.79 Å². The van der Waals surface area contributed by atoms with Crippen LogP contribution in [0.15, 0.2) is 33.6 Å². The molecule has 1 aliphatic rings. The maximum absolute atomic E-state index is 12.2. The monoisotopic (exact) mass is 324 g/mol. The van der Waals surface area contributed by atoms with Crippen LogP contribution in [0.2, 0.25) is 0 Å². The molecule has 7 heteroatoms. The van der Waals surface area contributed by atoms with Gasteiger partial charge in [0.15, 0.2) is 10.4 Å². The number of piperidine rings is 1. The zero-order chi connectivity index (χ0) is 13.2. The van der Waals surface area contributed by atoms with Crippen molar-refractivity contribution in [1.82, 2.24) is 19.9 Å². The Bertz CT molecular complexity index is 558. The van der Waals surface area contributed by atoms with E-state index in [9.17, 15) is 4.79 Å². The summed E-state index contributed by atoms with van der Waals surface area (Å²) >= 11 is 3.20. The lowest BCUT2D eigenvalue weighted by molar-refractivity contribution is 0.0656. The normalized spacial score (nSPS) is 16.8. The van der Waals surface area contributed by atoms with Crippen LogP contribution < -0.4 is 0 Å². The Morgan fingerprint density at radius 2 is 2.16 bits per heavy atom. The largest absolute Gasteiger partial charge is 0.444 e. The summed E-state index contributed by atoms with van der Waals surface area (Å²) in [7, 11) is 0. The predicted octanol–water partition coefficient (Wildman–Crippen LogP) is 2.11. The van der Waals surface area contributed by atoms with Crippen LogP contribution in [0.3, 0.4) is 0 Å². The van der Waals surface area contributed by atoms with Gasteiger partial charge in [-0.05, 0) is 40.9 Å². The molecule has 0 atom stereocenters. The zero-order valence-corrected chi connectivity index (χ0v) is 11.8. The molecule has 0 radical (unpaired) electrons. The van der Waals surface area contributed by atoms with Crippen LogP contribution in [0.1, 0.15) is 29.4 Å². The van der Waals surface area contributed by atoms with Gasteiger partial charge >= 0.3 is 0 Å². The molecule has 0 bridgehead atoms. The summed E-state index contributed by atoms with van der Waals surface area (Å²) in [5.41, 5.74) is 0.